The molecule has 0 aromatic rings. The quantitative estimate of drug-likeness (QED) is 0.635. The van der Waals surface area contributed by atoms with Gasteiger partial charge >= 0.3 is 0 Å². The van der Waals surface area contributed by atoms with Gasteiger partial charge in [0.1, 0.15) is 0 Å². The van der Waals surface area contributed by atoms with Crippen LogP contribution in [0.25, 0.3) is 0 Å². The summed E-state index contributed by atoms with van der Waals surface area (Å²) >= 11 is 0. The Morgan fingerprint density at radius 3 is 2.75 bits per heavy atom. The normalized spacial score (nSPS) is 35.3. The first-order chi connectivity index (χ1) is 5.79. The van der Waals surface area contributed by atoms with Gasteiger partial charge in [-0.25, -0.2) is 0 Å². The molecule has 1 N–H and O–H groups in total. The summed E-state index contributed by atoms with van der Waals surface area (Å²) in [5.74, 6) is 1.81. The molecular weight excluding hydrogens is 146 g/mol. The maximum atomic E-state index is 3.72. The zero-order valence-electron chi connectivity index (χ0n) is 8.34. The molecule has 0 radical (unpaired) electrons. The van der Waals surface area contributed by atoms with Crippen LogP contribution in [0.15, 0.2) is 12.7 Å². The van der Waals surface area contributed by atoms with E-state index in [1.807, 2.05) is 6.08 Å². The second-order valence-electron chi connectivity index (χ2n) is 3.91. The molecule has 1 aliphatic carbocycles. The first-order valence-corrected chi connectivity index (χ1v) is 5.13. The minimum Gasteiger partial charge on any atom is -0.310 e. The van der Waals surface area contributed by atoms with E-state index in [2.05, 4.69) is 25.7 Å². The van der Waals surface area contributed by atoms with Gasteiger partial charge in [-0.15, -0.1) is 6.58 Å². The van der Waals surface area contributed by atoms with Crippen LogP contribution in [0.4, 0.5) is 0 Å². The smallest absolute Gasteiger partial charge is 0.0134 e. The number of nitrogens with one attached hydrogen (secondary N) is 1. The Bertz CT molecular complexity index is 142. The zero-order valence-corrected chi connectivity index (χ0v) is 8.34. The van der Waals surface area contributed by atoms with E-state index in [0.717, 1.165) is 24.4 Å². The predicted octanol–water partition coefficient (Wildman–Crippen LogP) is 2.59. The van der Waals surface area contributed by atoms with Gasteiger partial charge in [0.25, 0.3) is 0 Å². The summed E-state index contributed by atoms with van der Waals surface area (Å²) in [6.07, 6.45) is 6.05. The zero-order chi connectivity index (χ0) is 8.97. The molecule has 0 aromatic heterocycles. The Morgan fingerprint density at radius 2 is 2.25 bits per heavy atom. The van der Waals surface area contributed by atoms with Crippen LogP contribution in [0.5, 0.6) is 0 Å². The summed E-state index contributed by atoms with van der Waals surface area (Å²) in [5, 5.41) is 3.53. The second kappa shape index (κ2) is 4.66. The van der Waals surface area contributed by atoms with Crippen LogP contribution < -0.4 is 5.32 Å². The Morgan fingerprint density at radius 1 is 1.50 bits per heavy atom. The van der Waals surface area contributed by atoms with Crippen molar-refractivity contribution in [2.24, 2.45) is 11.8 Å². The molecule has 3 unspecified atom stereocenters. The van der Waals surface area contributed by atoms with Gasteiger partial charge in [-0.3, -0.25) is 0 Å². The third-order valence-electron chi connectivity index (χ3n) is 3.28. The van der Waals surface area contributed by atoms with Crippen molar-refractivity contribution in [1.82, 2.24) is 5.32 Å². The topological polar surface area (TPSA) is 12.0 Å². The minimum atomic E-state index is 0.743. The van der Waals surface area contributed by atoms with E-state index in [9.17, 15) is 0 Å². The molecule has 1 rings (SSSR count). The molecule has 1 aliphatic rings. The average Bonchev–Trinajstić information content (AvgIpc) is 2.43. The van der Waals surface area contributed by atoms with Crippen LogP contribution in [0, 0.1) is 11.8 Å². The summed E-state index contributed by atoms with van der Waals surface area (Å²) in [6.45, 7) is 9.37. The Kier molecular flexibility index (Phi) is 3.80. The van der Waals surface area contributed by atoms with Crippen LogP contribution in [0.3, 0.4) is 0 Å². The molecule has 1 heteroatoms. The van der Waals surface area contributed by atoms with Crippen molar-refractivity contribution < 1.29 is 0 Å². The van der Waals surface area contributed by atoms with Crippen LogP contribution >= 0.6 is 0 Å². The van der Waals surface area contributed by atoms with E-state index < -0.39 is 0 Å². The molecule has 0 spiro atoms. The Balaban J connectivity index is 2.32. The van der Waals surface area contributed by atoms with Crippen molar-refractivity contribution >= 4 is 0 Å². The molecule has 0 aromatic carbocycles. The van der Waals surface area contributed by atoms with Crippen molar-refractivity contribution in [1.29, 1.82) is 0 Å². The van der Waals surface area contributed by atoms with Crippen LogP contribution in [0.1, 0.15) is 33.1 Å². The third-order valence-corrected chi connectivity index (χ3v) is 3.28. The SMILES string of the molecule is C=CCNC1CCC(CC)C1C. The van der Waals surface area contributed by atoms with Gasteiger partial charge < -0.3 is 5.32 Å². The molecule has 1 nitrogen and oxygen atoms in total. The fourth-order valence-corrected chi connectivity index (χ4v) is 2.35. The molecule has 12 heavy (non-hydrogen) atoms. The lowest BCUT2D eigenvalue weighted by Gasteiger charge is -2.20. The maximum Gasteiger partial charge on any atom is 0.0134 e. The Hall–Kier alpha value is -0.300. The molecule has 0 bridgehead atoms. The highest BCUT2D eigenvalue weighted by Gasteiger charge is 2.30. The van der Waals surface area contributed by atoms with E-state index in [1.54, 1.807) is 0 Å². The first kappa shape index (κ1) is 9.79. The highest BCUT2D eigenvalue weighted by Crippen LogP contribution is 2.33. The van der Waals surface area contributed by atoms with Crippen molar-refractivity contribution in [2.75, 3.05) is 6.54 Å². The summed E-state index contributed by atoms with van der Waals surface area (Å²) < 4.78 is 0. The molecule has 1 saturated carbocycles. The van der Waals surface area contributed by atoms with Gasteiger partial charge in [0, 0.05) is 12.6 Å². The molecule has 70 valence electrons. The van der Waals surface area contributed by atoms with Crippen molar-refractivity contribution in [2.45, 2.75) is 39.2 Å². The van der Waals surface area contributed by atoms with Gasteiger partial charge in [-0.05, 0) is 24.7 Å². The number of rotatable bonds is 4. The van der Waals surface area contributed by atoms with Crippen molar-refractivity contribution in [3.63, 3.8) is 0 Å². The monoisotopic (exact) mass is 167 g/mol. The lowest BCUT2D eigenvalue weighted by atomic mass is 9.93. The van der Waals surface area contributed by atoms with Gasteiger partial charge in [0.15, 0.2) is 0 Å². The third kappa shape index (κ3) is 2.10. The van der Waals surface area contributed by atoms with E-state index in [1.165, 1.54) is 19.3 Å². The molecular formula is C11H21N. The molecule has 0 saturated heterocycles. The van der Waals surface area contributed by atoms with Gasteiger partial charge in [0.2, 0.25) is 0 Å². The number of hydrogen-bond acceptors (Lipinski definition) is 1. The standard InChI is InChI=1S/C11H21N/c1-4-8-12-11-7-6-10(5-2)9(11)3/h4,9-12H,1,5-8H2,2-3H3. The Labute approximate surface area is 76.2 Å². The van der Waals surface area contributed by atoms with E-state index in [4.69, 9.17) is 0 Å². The van der Waals surface area contributed by atoms with Crippen molar-refractivity contribution in [3.8, 4) is 0 Å². The molecule has 1 fully saturated rings. The fraction of sp³-hybridized carbons (Fsp3) is 0.818. The second-order valence-corrected chi connectivity index (χ2v) is 3.91. The summed E-state index contributed by atoms with van der Waals surface area (Å²) in [5.41, 5.74) is 0. The molecule has 0 heterocycles. The summed E-state index contributed by atoms with van der Waals surface area (Å²) in [4.78, 5) is 0. The van der Waals surface area contributed by atoms with Crippen LogP contribution in [-0.2, 0) is 0 Å². The summed E-state index contributed by atoms with van der Waals surface area (Å²) in [7, 11) is 0. The predicted molar refractivity (Wildman–Crippen MR) is 54.2 cm³/mol. The summed E-state index contributed by atoms with van der Waals surface area (Å²) in [6, 6.07) is 0.743. The van der Waals surface area contributed by atoms with Gasteiger partial charge in [0.05, 0.1) is 0 Å². The van der Waals surface area contributed by atoms with Crippen LogP contribution in [0.2, 0.25) is 0 Å². The largest absolute Gasteiger partial charge is 0.310 e. The fourth-order valence-electron chi connectivity index (χ4n) is 2.35. The highest BCUT2D eigenvalue weighted by atomic mass is 14.9. The molecule has 0 aliphatic heterocycles. The van der Waals surface area contributed by atoms with Crippen molar-refractivity contribution in [3.05, 3.63) is 12.7 Å². The van der Waals surface area contributed by atoms with E-state index in [-0.39, 0.29) is 0 Å². The first-order valence-electron chi connectivity index (χ1n) is 5.13. The van der Waals surface area contributed by atoms with Gasteiger partial charge in [-0.1, -0.05) is 26.3 Å². The molecule has 3 atom stereocenters. The number of hydrogen-bond donors (Lipinski definition) is 1. The van der Waals surface area contributed by atoms with E-state index in [0.29, 0.717) is 0 Å². The highest BCUT2D eigenvalue weighted by molar-refractivity contribution is 4.87. The minimum absolute atomic E-state index is 0.743. The van der Waals surface area contributed by atoms with Crippen LogP contribution in [-0.4, -0.2) is 12.6 Å². The lowest BCUT2D eigenvalue weighted by Crippen LogP contribution is -2.32. The maximum absolute atomic E-state index is 3.72. The average molecular weight is 167 g/mol. The van der Waals surface area contributed by atoms with E-state index >= 15 is 0 Å². The van der Waals surface area contributed by atoms with Gasteiger partial charge in [-0.2, -0.15) is 0 Å². The lowest BCUT2D eigenvalue weighted by molar-refractivity contribution is 0.352. The molecule has 0 amide bonds.